The van der Waals surface area contributed by atoms with Crippen LogP contribution in [0.15, 0.2) is 48.5 Å². The van der Waals surface area contributed by atoms with Crippen LogP contribution >= 0.6 is 0 Å². The quantitative estimate of drug-likeness (QED) is 0.693. The highest BCUT2D eigenvalue weighted by atomic mass is 16.5. The zero-order chi connectivity index (χ0) is 23.4. The molecule has 0 saturated heterocycles. The van der Waals surface area contributed by atoms with Gasteiger partial charge in [-0.3, -0.25) is 14.4 Å². The highest BCUT2D eigenvalue weighted by molar-refractivity contribution is 6.05. The first kappa shape index (κ1) is 23.0. The number of carbonyl (C=O) groups excluding carboxylic acids is 3. The number of nitrogens with zero attached hydrogens (tertiary/aromatic N) is 1. The molecule has 1 saturated carbocycles. The summed E-state index contributed by atoms with van der Waals surface area (Å²) in [6.45, 7) is 2.32. The second-order valence-electron chi connectivity index (χ2n) is 8.89. The summed E-state index contributed by atoms with van der Waals surface area (Å²) < 4.78 is 5.32. The van der Waals surface area contributed by atoms with E-state index in [1.165, 1.54) is 6.92 Å². The SMILES string of the molecule is COCCN1C(=O)c2ccccc2[C@H](C(=O)Nc2cccc(NC(C)=O)c2)C12CCCCC2. The predicted octanol–water partition coefficient (Wildman–Crippen LogP) is 4.17. The molecule has 0 bridgehead atoms. The van der Waals surface area contributed by atoms with Crippen LogP contribution in [-0.4, -0.2) is 48.4 Å². The Morgan fingerprint density at radius 2 is 1.73 bits per heavy atom. The standard InChI is InChI=1S/C26H31N3O4/c1-18(30)27-19-9-8-10-20(17-19)28-24(31)23-21-11-4-5-12-22(21)25(32)29(15-16-33-2)26(23)13-6-3-7-14-26/h4-5,8-12,17,23H,3,6-7,13-16H2,1-2H3,(H,27,30)(H,28,31)/t23-/m1/s1. The Hall–Kier alpha value is -3.19. The number of anilines is 2. The normalized spacial score (nSPS) is 19.2. The number of hydrogen-bond acceptors (Lipinski definition) is 4. The second kappa shape index (κ2) is 9.75. The van der Waals surface area contributed by atoms with Gasteiger partial charge in [-0.05, 0) is 42.7 Å². The first-order valence-electron chi connectivity index (χ1n) is 11.5. The molecule has 2 aromatic carbocycles. The van der Waals surface area contributed by atoms with Gasteiger partial charge in [-0.1, -0.05) is 43.5 Å². The van der Waals surface area contributed by atoms with Crippen LogP contribution < -0.4 is 10.6 Å². The molecular weight excluding hydrogens is 418 g/mol. The summed E-state index contributed by atoms with van der Waals surface area (Å²) in [7, 11) is 1.63. The molecule has 7 heteroatoms. The van der Waals surface area contributed by atoms with Crippen LogP contribution in [0.4, 0.5) is 11.4 Å². The monoisotopic (exact) mass is 449 g/mol. The van der Waals surface area contributed by atoms with E-state index in [0.29, 0.717) is 30.1 Å². The van der Waals surface area contributed by atoms with E-state index < -0.39 is 11.5 Å². The van der Waals surface area contributed by atoms with Crippen LogP contribution in [0.2, 0.25) is 0 Å². The van der Waals surface area contributed by atoms with E-state index in [4.69, 9.17) is 4.74 Å². The van der Waals surface area contributed by atoms with Crippen LogP contribution in [-0.2, 0) is 14.3 Å². The van der Waals surface area contributed by atoms with Crippen LogP contribution in [0.25, 0.3) is 0 Å². The van der Waals surface area contributed by atoms with Crippen molar-refractivity contribution in [1.29, 1.82) is 0 Å². The number of benzene rings is 2. The third-order valence-electron chi connectivity index (χ3n) is 6.77. The number of ether oxygens (including phenoxy) is 1. The van der Waals surface area contributed by atoms with Crippen molar-refractivity contribution in [3.63, 3.8) is 0 Å². The number of carbonyl (C=O) groups is 3. The van der Waals surface area contributed by atoms with Gasteiger partial charge in [0, 0.05) is 37.5 Å². The van der Waals surface area contributed by atoms with Crippen LogP contribution in [0, 0.1) is 0 Å². The number of amides is 3. The molecule has 4 rings (SSSR count). The van der Waals surface area contributed by atoms with E-state index in [9.17, 15) is 14.4 Å². The van der Waals surface area contributed by atoms with E-state index in [1.54, 1.807) is 31.4 Å². The fourth-order valence-electron chi connectivity index (χ4n) is 5.44. The molecule has 0 unspecified atom stereocenters. The number of methoxy groups -OCH3 is 1. The molecule has 3 amide bonds. The lowest BCUT2D eigenvalue weighted by atomic mass is 9.65. The predicted molar refractivity (Wildman–Crippen MR) is 127 cm³/mol. The number of nitrogens with one attached hydrogen (secondary N) is 2. The molecule has 1 aliphatic carbocycles. The molecule has 1 aliphatic heterocycles. The molecule has 33 heavy (non-hydrogen) atoms. The molecule has 1 heterocycles. The van der Waals surface area contributed by atoms with Gasteiger partial charge < -0.3 is 20.3 Å². The van der Waals surface area contributed by atoms with Gasteiger partial charge >= 0.3 is 0 Å². The molecule has 174 valence electrons. The fraction of sp³-hybridized carbons (Fsp3) is 0.423. The van der Waals surface area contributed by atoms with Gasteiger partial charge in [-0.15, -0.1) is 0 Å². The summed E-state index contributed by atoms with van der Waals surface area (Å²) in [4.78, 5) is 40.8. The molecule has 2 aliphatic rings. The minimum Gasteiger partial charge on any atom is -0.383 e. The highest BCUT2D eigenvalue weighted by Gasteiger charge is 2.54. The molecule has 1 atom stereocenters. The van der Waals surface area contributed by atoms with E-state index in [-0.39, 0.29) is 17.7 Å². The van der Waals surface area contributed by atoms with Crippen molar-refractivity contribution in [1.82, 2.24) is 4.90 Å². The lowest BCUT2D eigenvalue weighted by Gasteiger charge is -2.53. The Kier molecular flexibility index (Phi) is 6.79. The summed E-state index contributed by atoms with van der Waals surface area (Å²) in [5.74, 6) is -0.832. The second-order valence-corrected chi connectivity index (χ2v) is 8.89. The van der Waals surface area contributed by atoms with Gasteiger partial charge in [-0.2, -0.15) is 0 Å². The molecule has 1 spiro atoms. The topological polar surface area (TPSA) is 87.7 Å². The number of rotatable bonds is 6. The van der Waals surface area contributed by atoms with E-state index in [0.717, 1.165) is 37.7 Å². The van der Waals surface area contributed by atoms with Gasteiger partial charge in [0.1, 0.15) is 0 Å². The van der Waals surface area contributed by atoms with Crippen molar-refractivity contribution < 1.29 is 19.1 Å². The van der Waals surface area contributed by atoms with Crippen molar-refractivity contribution in [2.24, 2.45) is 0 Å². The van der Waals surface area contributed by atoms with Crippen LogP contribution in [0.5, 0.6) is 0 Å². The van der Waals surface area contributed by atoms with Crippen molar-refractivity contribution in [3.05, 3.63) is 59.7 Å². The molecule has 2 aromatic rings. The lowest BCUT2D eigenvalue weighted by molar-refractivity contribution is -0.122. The number of fused-ring (bicyclic) bond motifs is 1. The maximum atomic E-state index is 13.9. The molecule has 0 aromatic heterocycles. The van der Waals surface area contributed by atoms with Gasteiger partial charge in [0.05, 0.1) is 18.1 Å². The van der Waals surface area contributed by atoms with Gasteiger partial charge in [0.25, 0.3) is 5.91 Å². The minimum absolute atomic E-state index is 0.0266. The maximum absolute atomic E-state index is 13.9. The average Bonchev–Trinajstić information content (AvgIpc) is 2.79. The average molecular weight is 450 g/mol. The largest absolute Gasteiger partial charge is 0.383 e. The molecule has 7 nitrogen and oxygen atoms in total. The third-order valence-corrected chi connectivity index (χ3v) is 6.77. The Labute approximate surface area is 194 Å². The molecular formula is C26H31N3O4. The fourth-order valence-corrected chi connectivity index (χ4v) is 5.44. The van der Waals surface area contributed by atoms with Crippen LogP contribution in [0.1, 0.15) is 60.9 Å². The molecule has 0 radical (unpaired) electrons. The van der Waals surface area contributed by atoms with Gasteiger partial charge in [-0.25, -0.2) is 0 Å². The smallest absolute Gasteiger partial charge is 0.254 e. The first-order valence-corrected chi connectivity index (χ1v) is 11.5. The minimum atomic E-state index is -0.582. The highest BCUT2D eigenvalue weighted by Crippen LogP contribution is 2.49. The Bertz CT molecular complexity index is 1050. The van der Waals surface area contributed by atoms with E-state index in [2.05, 4.69) is 10.6 Å². The van der Waals surface area contributed by atoms with Crippen LogP contribution in [0.3, 0.4) is 0 Å². The zero-order valence-corrected chi connectivity index (χ0v) is 19.2. The molecule has 2 N–H and O–H groups in total. The number of hydrogen-bond donors (Lipinski definition) is 2. The zero-order valence-electron chi connectivity index (χ0n) is 19.2. The summed E-state index contributed by atoms with van der Waals surface area (Å²) in [5.41, 5.74) is 2.01. The Balaban J connectivity index is 1.74. The summed E-state index contributed by atoms with van der Waals surface area (Å²) in [6.07, 6.45) is 4.60. The third kappa shape index (κ3) is 4.50. The lowest BCUT2D eigenvalue weighted by Crippen LogP contribution is -2.62. The summed E-state index contributed by atoms with van der Waals surface area (Å²) >= 11 is 0. The first-order chi connectivity index (χ1) is 16.0. The van der Waals surface area contributed by atoms with Gasteiger partial charge in [0.2, 0.25) is 11.8 Å². The van der Waals surface area contributed by atoms with Crippen molar-refractivity contribution >= 4 is 29.1 Å². The van der Waals surface area contributed by atoms with E-state index >= 15 is 0 Å². The summed E-state index contributed by atoms with van der Waals surface area (Å²) in [6, 6.07) is 14.6. The maximum Gasteiger partial charge on any atom is 0.254 e. The Morgan fingerprint density at radius 3 is 2.42 bits per heavy atom. The van der Waals surface area contributed by atoms with Gasteiger partial charge in [0.15, 0.2) is 0 Å². The van der Waals surface area contributed by atoms with Crippen molar-refractivity contribution in [2.45, 2.75) is 50.5 Å². The Morgan fingerprint density at radius 1 is 1.03 bits per heavy atom. The van der Waals surface area contributed by atoms with E-state index in [1.807, 2.05) is 29.2 Å². The molecule has 1 fully saturated rings. The van der Waals surface area contributed by atoms with Crippen molar-refractivity contribution in [3.8, 4) is 0 Å². The van der Waals surface area contributed by atoms with Crippen molar-refractivity contribution in [2.75, 3.05) is 30.9 Å². The summed E-state index contributed by atoms with van der Waals surface area (Å²) in [5, 5.41) is 5.82.